The van der Waals surface area contributed by atoms with Gasteiger partial charge >= 0.3 is 18.2 Å². The second kappa shape index (κ2) is 10.3. The fourth-order valence-corrected chi connectivity index (χ4v) is 3.13. The number of hydrogen-bond donors (Lipinski definition) is 4. The Balaban J connectivity index is 0.000000429. The molecule has 4 aromatic rings. The number of fused-ring (bicyclic) bond motifs is 1. The number of aromatic amines is 1. The summed E-state index contributed by atoms with van der Waals surface area (Å²) in [6, 6.07) is 10.6. The van der Waals surface area contributed by atoms with Crippen molar-refractivity contribution in [2.24, 2.45) is 0 Å². The van der Waals surface area contributed by atoms with Gasteiger partial charge in [-0.2, -0.15) is 23.5 Å². The molecule has 0 aliphatic heterocycles. The van der Waals surface area contributed by atoms with Gasteiger partial charge in [0.1, 0.15) is 12.0 Å². The van der Waals surface area contributed by atoms with E-state index in [2.05, 4.69) is 31.4 Å². The zero-order chi connectivity index (χ0) is 25.6. The van der Waals surface area contributed by atoms with E-state index in [0.29, 0.717) is 5.69 Å². The Morgan fingerprint density at radius 2 is 1.97 bits per heavy atom. The minimum Gasteiger partial charge on any atom is -0.475 e. The highest BCUT2D eigenvalue weighted by Crippen LogP contribution is 2.28. The third kappa shape index (κ3) is 6.11. The van der Waals surface area contributed by atoms with E-state index in [1.165, 1.54) is 6.33 Å². The number of alkyl halides is 3. The summed E-state index contributed by atoms with van der Waals surface area (Å²) in [5.41, 5.74) is 3.49. The van der Waals surface area contributed by atoms with E-state index in [1.807, 2.05) is 18.3 Å². The highest BCUT2D eigenvalue weighted by molar-refractivity contribution is 5.90. The second-order valence-corrected chi connectivity index (χ2v) is 6.91. The Morgan fingerprint density at radius 3 is 2.63 bits per heavy atom. The third-order valence-corrected chi connectivity index (χ3v) is 4.60. The number of rotatable bonds is 5. The lowest BCUT2D eigenvalue weighted by Crippen LogP contribution is -2.21. The fourth-order valence-electron chi connectivity index (χ4n) is 3.13. The summed E-state index contributed by atoms with van der Waals surface area (Å²) < 4.78 is 33.4. The maximum absolute atomic E-state index is 10.9. The topological polar surface area (TPSA) is 170 Å². The van der Waals surface area contributed by atoms with Gasteiger partial charge in [-0.05, 0) is 23.8 Å². The van der Waals surface area contributed by atoms with Gasteiger partial charge in [-0.3, -0.25) is 10.00 Å². The smallest absolute Gasteiger partial charge is 0.475 e. The van der Waals surface area contributed by atoms with Gasteiger partial charge in [0.25, 0.3) is 0 Å². The number of aliphatic carboxylic acids is 1. The largest absolute Gasteiger partial charge is 0.490 e. The van der Waals surface area contributed by atoms with Gasteiger partial charge in [0.05, 0.1) is 30.4 Å². The average Bonchev–Trinajstić information content (AvgIpc) is 3.46. The quantitative estimate of drug-likeness (QED) is 0.327. The molecule has 35 heavy (non-hydrogen) atoms. The number of aromatic nitrogens is 5. The molecule has 180 valence electrons. The number of carbonyl (C=O) groups is 2. The van der Waals surface area contributed by atoms with Crippen LogP contribution in [0.2, 0.25) is 0 Å². The molecule has 0 aliphatic rings. The molecular weight excluding hydrogens is 471 g/mol. The van der Waals surface area contributed by atoms with Crippen molar-refractivity contribution in [2.45, 2.75) is 18.6 Å². The molecule has 1 atom stereocenters. The van der Waals surface area contributed by atoms with E-state index in [-0.39, 0.29) is 12.5 Å². The van der Waals surface area contributed by atoms with Crippen molar-refractivity contribution >= 4 is 28.8 Å². The van der Waals surface area contributed by atoms with Gasteiger partial charge in [-0.15, -0.1) is 0 Å². The zero-order valence-electron chi connectivity index (χ0n) is 17.6. The number of nitrogens with one attached hydrogen (secondary N) is 2. The summed E-state index contributed by atoms with van der Waals surface area (Å²) in [5.74, 6) is -2.76. The van der Waals surface area contributed by atoms with Crippen molar-refractivity contribution in [2.75, 3.05) is 5.32 Å². The molecule has 0 spiro atoms. The van der Waals surface area contributed by atoms with Gasteiger partial charge in [-0.1, -0.05) is 12.1 Å². The highest BCUT2D eigenvalue weighted by atomic mass is 19.4. The van der Waals surface area contributed by atoms with Gasteiger partial charge in [0.2, 0.25) is 0 Å². The lowest BCUT2D eigenvalue weighted by Gasteiger charge is -2.16. The number of amides is 1. The number of carboxylic acids is 1. The van der Waals surface area contributed by atoms with Crippen LogP contribution in [-0.4, -0.2) is 53.2 Å². The van der Waals surface area contributed by atoms with Crippen molar-refractivity contribution in [1.82, 2.24) is 24.7 Å². The number of halogens is 3. The van der Waals surface area contributed by atoms with E-state index in [0.717, 1.165) is 27.9 Å². The average molecular weight is 487 g/mol. The van der Waals surface area contributed by atoms with Crippen LogP contribution in [0.25, 0.3) is 22.3 Å². The normalized spacial score (nSPS) is 11.7. The van der Waals surface area contributed by atoms with Crippen LogP contribution < -0.4 is 5.32 Å². The maximum Gasteiger partial charge on any atom is 0.490 e. The molecular formula is C21H16F3N7O4. The third-order valence-electron chi connectivity index (χ3n) is 4.60. The fraction of sp³-hybridized carbons (Fsp3) is 0.143. The number of nitriles is 1. The molecule has 11 nitrogen and oxygen atoms in total. The number of H-pyrrole nitrogens is 1. The summed E-state index contributed by atoms with van der Waals surface area (Å²) in [7, 11) is 0. The first kappa shape index (κ1) is 24.7. The van der Waals surface area contributed by atoms with Crippen molar-refractivity contribution in [1.29, 1.82) is 5.26 Å². The van der Waals surface area contributed by atoms with Gasteiger partial charge in [-0.25, -0.2) is 19.6 Å². The van der Waals surface area contributed by atoms with Crippen molar-refractivity contribution < 1.29 is 33.0 Å². The van der Waals surface area contributed by atoms with Crippen LogP contribution in [0.3, 0.4) is 0 Å². The van der Waals surface area contributed by atoms with Gasteiger partial charge < -0.3 is 15.2 Å². The van der Waals surface area contributed by atoms with Gasteiger partial charge in [0, 0.05) is 29.0 Å². The van der Waals surface area contributed by atoms with Crippen LogP contribution in [0.1, 0.15) is 18.0 Å². The van der Waals surface area contributed by atoms with Crippen LogP contribution in [0.4, 0.5) is 23.7 Å². The molecule has 0 aliphatic carbocycles. The maximum atomic E-state index is 10.9. The van der Waals surface area contributed by atoms with E-state index in [1.54, 1.807) is 35.3 Å². The lowest BCUT2D eigenvalue weighted by molar-refractivity contribution is -0.192. The van der Waals surface area contributed by atoms with Crippen LogP contribution in [0, 0.1) is 11.3 Å². The Kier molecular flexibility index (Phi) is 7.30. The predicted molar refractivity (Wildman–Crippen MR) is 115 cm³/mol. The minimum atomic E-state index is -5.08. The van der Waals surface area contributed by atoms with Gasteiger partial charge in [0.15, 0.2) is 0 Å². The van der Waals surface area contributed by atoms with E-state index >= 15 is 0 Å². The molecule has 14 heteroatoms. The molecule has 1 unspecified atom stereocenters. The number of hydrogen-bond acceptors (Lipinski definition) is 6. The molecule has 3 heterocycles. The lowest BCUT2D eigenvalue weighted by atomic mass is 10.0. The molecule has 4 N–H and O–H groups in total. The summed E-state index contributed by atoms with van der Waals surface area (Å²) in [4.78, 5) is 31.4. The molecule has 0 saturated heterocycles. The molecule has 0 bridgehead atoms. The molecule has 3 aromatic heterocycles. The highest BCUT2D eigenvalue weighted by Gasteiger charge is 2.38. The monoisotopic (exact) mass is 487 g/mol. The second-order valence-electron chi connectivity index (χ2n) is 6.91. The standard InChI is InChI=1S/C19H15N7O2.C2HF3O2/c20-6-4-16(12-2-1-3-14(8-12)25-19(27)28)26-10-13(9-24-26)17-15-5-7-21-18(15)23-11-22-17;3-2(4,5)1(6)7/h1-3,5,7-11,16,25H,4H2,(H,27,28)(H,21,22,23);(H,6,7). The minimum absolute atomic E-state index is 0.182. The first-order valence-corrected chi connectivity index (χ1v) is 9.69. The molecule has 4 rings (SSSR count). The Bertz CT molecular complexity index is 1390. The number of carboxylic acid groups (broad SMARTS) is 2. The van der Waals surface area contributed by atoms with Crippen molar-refractivity contribution in [3.63, 3.8) is 0 Å². The molecule has 0 radical (unpaired) electrons. The van der Waals surface area contributed by atoms with Crippen LogP contribution in [-0.2, 0) is 4.79 Å². The molecule has 1 amide bonds. The zero-order valence-corrected chi connectivity index (χ0v) is 17.6. The van der Waals surface area contributed by atoms with Crippen LogP contribution in [0.5, 0.6) is 0 Å². The Morgan fingerprint density at radius 1 is 1.23 bits per heavy atom. The Labute approximate surface area is 194 Å². The summed E-state index contributed by atoms with van der Waals surface area (Å²) >= 11 is 0. The first-order chi connectivity index (χ1) is 16.6. The first-order valence-electron chi connectivity index (χ1n) is 9.69. The van der Waals surface area contributed by atoms with E-state index < -0.39 is 18.2 Å². The van der Waals surface area contributed by atoms with Crippen LogP contribution >= 0.6 is 0 Å². The van der Waals surface area contributed by atoms with Crippen molar-refractivity contribution in [3.8, 4) is 17.3 Å². The van der Waals surface area contributed by atoms with Crippen molar-refractivity contribution in [3.05, 3.63) is 60.8 Å². The summed E-state index contributed by atoms with van der Waals surface area (Å²) in [6.45, 7) is 0. The SMILES string of the molecule is N#CCC(c1cccc(NC(=O)O)c1)n1cc(-c2ncnc3[nH]ccc23)cn1.O=C(O)C(F)(F)F. The number of benzene rings is 1. The molecule has 0 saturated carbocycles. The number of nitrogens with zero attached hydrogens (tertiary/aromatic N) is 5. The summed E-state index contributed by atoms with van der Waals surface area (Å²) in [6.07, 6.45) is 0.759. The van der Waals surface area contributed by atoms with E-state index in [9.17, 15) is 23.2 Å². The van der Waals surface area contributed by atoms with E-state index in [4.69, 9.17) is 15.0 Å². The molecule has 0 fully saturated rings. The van der Waals surface area contributed by atoms with Crippen LogP contribution in [0.15, 0.2) is 55.2 Å². The Hall–Kier alpha value is -4.93. The predicted octanol–water partition coefficient (Wildman–Crippen LogP) is 4.05. The number of anilines is 1. The molecule has 1 aromatic carbocycles. The summed E-state index contributed by atoms with van der Waals surface area (Å²) in [5, 5.41) is 33.0.